The van der Waals surface area contributed by atoms with Gasteiger partial charge in [-0.05, 0) is 33.1 Å². The number of hydrogen-bond acceptors (Lipinski definition) is 2. The summed E-state index contributed by atoms with van der Waals surface area (Å²) in [6.07, 6.45) is 3.94. The zero-order valence-electron chi connectivity index (χ0n) is 13.0. The Labute approximate surface area is 149 Å². The van der Waals surface area contributed by atoms with Gasteiger partial charge in [-0.3, -0.25) is 4.40 Å². The summed E-state index contributed by atoms with van der Waals surface area (Å²) in [5.41, 5.74) is 5.51. The van der Waals surface area contributed by atoms with Gasteiger partial charge in [0, 0.05) is 18.3 Å². The summed E-state index contributed by atoms with van der Waals surface area (Å²) < 4.78 is 3.01. The third kappa shape index (κ3) is 2.93. The van der Waals surface area contributed by atoms with E-state index in [0.717, 1.165) is 28.0 Å². The first kappa shape index (κ1) is 15.0. The zero-order chi connectivity index (χ0) is 16.4. The molecule has 24 heavy (non-hydrogen) atoms. The Bertz CT molecular complexity index is 962. The monoisotopic (exact) mass is 377 g/mol. The highest BCUT2D eigenvalue weighted by atomic mass is 79.9. The molecule has 0 atom stereocenters. The fraction of sp³-hybridized carbons (Fsp3) is 0.0500. The molecule has 0 saturated carbocycles. The van der Waals surface area contributed by atoms with Gasteiger partial charge in [0.15, 0.2) is 5.65 Å². The predicted octanol–water partition coefficient (Wildman–Crippen LogP) is 5.38. The number of nitrogens with one attached hydrogen (secondary N) is 1. The lowest BCUT2D eigenvalue weighted by Crippen LogP contribution is -2.02. The molecule has 0 bridgehead atoms. The van der Waals surface area contributed by atoms with Gasteiger partial charge in [0.2, 0.25) is 0 Å². The van der Waals surface area contributed by atoms with Gasteiger partial charge in [-0.2, -0.15) is 0 Å². The Morgan fingerprint density at radius 2 is 1.62 bits per heavy atom. The number of halogens is 1. The second-order valence-corrected chi connectivity index (χ2v) is 6.43. The molecule has 2 heterocycles. The fourth-order valence-electron chi connectivity index (χ4n) is 2.77. The first-order valence-electron chi connectivity index (χ1n) is 7.81. The molecule has 0 saturated heterocycles. The van der Waals surface area contributed by atoms with Crippen LogP contribution in [0.2, 0.25) is 0 Å². The molecule has 0 unspecified atom stereocenters. The highest BCUT2D eigenvalue weighted by molar-refractivity contribution is 9.10. The summed E-state index contributed by atoms with van der Waals surface area (Å²) in [4.78, 5) is 4.52. The van der Waals surface area contributed by atoms with E-state index in [2.05, 4.69) is 91.4 Å². The molecule has 0 aliphatic rings. The predicted molar refractivity (Wildman–Crippen MR) is 102 cm³/mol. The van der Waals surface area contributed by atoms with E-state index in [-0.39, 0.29) is 0 Å². The van der Waals surface area contributed by atoms with Crippen molar-refractivity contribution < 1.29 is 0 Å². The Balaban J connectivity index is 1.76. The van der Waals surface area contributed by atoms with Crippen LogP contribution in [0.4, 0.5) is 5.69 Å². The molecule has 2 aromatic heterocycles. The van der Waals surface area contributed by atoms with Crippen LogP contribution >= 0.6 is 15.9 Å². The molecular formula is C20H16BrN3. The van der Waals surface area contributed by atoms with Gasteiger partial charge in [-0.1, -0.05) is 60.7 Å². The largest absolute Gasteiger partial charge is 0.378 e. The number of pyridine rings is 1. The minimum Gasteiger partial charge on any atom is -0.378 e. The lowest BCUT2D eigenvalue weighted by molar-refractivity contribution is 1.11. The zero-order valence-corrected chi connectivity index (χ0v) is 14.6. The van der Waals surface area contributed by atoms with E-state index in [4.69, 9.17) is 0 Å². The summed E-state index contributed by atoms with van der Waals surface area (Å²) >= 11 is 3.58. The number of rotatable bonds is 4. The van der Waals surface area contributed by atoms with Gasteiger partial charge in [-0.25, -0.2) is 4.98 Å². The number of imidazole rings is 1. The summed E-state index contributed by atoms with van der Waals surface area (Å²) in [6, 6.07) is 22.9. The number of hydrogen-bond donors (Lipinski definition) is 1. The SMILES string of the molecule is Brc1cnc2c(NCc3ccccc3)cc(-c3ccccc3)cn12. The van der Waals surface area contributed by atoms with Crippen LogP contribution in [0.1, 0.15) is 5.56 Å². The van der Waals surface area contributed by atoms with E-state index in [0.29, 0.717) is 0 Å². The average molecular weight is 378 g/mol. The van der Waals surface area contributed by atoms with Crippen molar-refractivity contribution in [3.63, 3.8) is 0 Å². The van der Waals surface area contributed by atoms with E-state index in [1.807, 2.05) is 18.3 Å². The average Bonchev–Trinajstić information content (AvgIpc) is 3.02. The summed E-state index contributed by atoms with van der Waals surface area (Å²) in [5.74, 6) is 0. The van der Waals surface area contributed by atoms with E-state index >= 15 is 0 Å². The molecule has 0 spiro atoms. The molecule has 2 aromatic carbocycles. The third-order valence-corrected chi connectivity index (χ3v) is 4.58. The van der Waals surface area contributed by atoms with Crippen molar-refractivity contribution in [1.82, 2.24) is 9.38 Å². The van der Waals surface area contributed by atoms with E-state index < -0.39 is 0 Å². The van der Waals surface area contributed by atoms with Gasteiger partial charge in [-0.15, -0.1) is 0 Å². The van der Waals surface area contributed by atoms with Crippen LogP contribution in [0, 0.1) is 0 Å². The second kappa shape index (κ2) is 6.49. The number of aromatic nitrogens is 2. The molecule has 1 N–H and O–H groups in total. The molecular weight excluding hydrogens is 362 g/mol. The summed E-state index contributed by atoms with van der Waals surface area (Å²) in [7, 11) is 0. The number of anilines is 1. The first-order valence-corrected chi connectivity index (χ1v) is 8.60. The van der Waals surface area contributed by atoms with Gasteiger partial charge in [0.05, 0.1) is 11.9 Å². The van der Waals surface area contributed by atoms with Crippen LogP contribution in [0.15, 0.2) is 83.7 Å². The lowest BCUT2D eigenvalue weighted by atomic mass is 10.1. The lowest BCUT2D eigenvalue weighted by Gasteiger charge is -2.11. The Morgan fingerprint density at radius 3 is 2.38 bits per heavy atom. The maximum atomic E-state index is 4.52. The third-order valence-electron chi connectivity index (χ3n) is 3.99. The van der Waals surface area contributed by atoms with Crippen LogP contribution in [-0.2, 0) is 6.54 Å². The Morgan fingerprint density at radius 1 is 0.917 bits per heavy atom. The minimum atomic E-state index is 0.763. The van der Waals surface area contributed by atoms with Crippen LogP contribution in [0.25, 0.3) is 16.8 Å². The normalized spacial score (nSPS) is 10.9. The molecule has 0 radical (unpaired) electrons. The second-order valence-electron chi connectivity index (χ2n) is 5.62. The van der Waals surface area contributed by atoms with Crippen molar-refractivity contribution in [2.75, 3.05) is 5.32 Å². The molecule has 3 nitrogen and oxygen atoms in total. The highest BCUT2D eigenvalue weighted by Crippen LogP contribution is 2.28. The maximum Gasteiger partial charge on any atom is 0.161 e. The fourth-order valence-corrected chi connectivity index (χ4v) is 3.14. The smallest absolute Gasteiger partial charge is 0.161 e. The molecule has 4 heteroatoms. The van der Waals surface area contributed by atoms with E-state index in [1.54, 1.807) is 0 Å². The minimum absolute atomic E-state index is 0.763. The van der Waals surface area contributed by atoms with Gasteiger partial charge >= 0.3 is 0 Å². The van der Waals surface area contributed by atoms with Crippen LogP contribution < -0.4 is 5.32 Å². The van der Waals surface area contributed by atoms with Crippen molar-refractivity contribution in [2.45, 2.75) is 6.54 Å². The summed E-state index contributed by atoms with van der Waals surface area (Å²) in [6.45, 7) is 0.763. The van der Waals surface area contributed by atoms with Gasteiger partial charge in [0.1, 0.15) is 4.60 Å². The number of fused-ring (bicyclic) bond motifs is 1. The summed E-state index contributed by atoms with van der Waals surface area (Å²) in [5, 5.41) is 3.52. The van der Waals surface area contributed by atoms with Crippen LogP contribution in [0.3, 0.4) is 0 Å². The van der Waals surface area contributed by atoms with Crippen molar-refractivity contribution in [3.05, 3.63) is 89.3 Å². The Hall–Kier alpha value is -2.59. The van der Waals surface area contributed by atoms with Gasteiger partial charge in [0.25, 0.3) is 0 Å². The number of benzene rings is 2. The molecule has 0 fully saturated rings. The van der Waals surface area contributed by atoms with Crippen molar-refractivity contribution in [3.8, 4) is 11.1 Å². The van der Waals surface area contributed by atoms with Crippen LogP contribution in [0.5, 0.6) is 0 Å². The topological polar surface area (TPSA) is 29.3 Å². The molecule has 0 amide bonds. The molecule has 118 valence electrons. The highest BCUT2D eigenvalue weighted by Gasteiger charge is 2.09. The molecule has 4 rings (SSSR count). The molecule has 0 aliphatic carbocycles. The van der Waals surface area contributed by atoms with Crippen molar-refractivity contribution >= 4 is 27.3 Å². The standard InChI is InChI=1S/C20H16BrN3/c21-19-13-23-20-18(22-12-15-7-3-1-4-8-15)11-17(14-24(19)20)16-9-5-2-6-10-16/h1-11,13-14,22H,12H2. The molecule has 0 aliphatic heterocycles. The first-order chi connectivity index (χ1) is 11.8. The number of nitrogens with zero attached hydrogens (tertiary/aromatic N) is 2. The van der Waals surface area contributed by atoms with Crippen LogP contribution in [-0.4, -0.2) is 9.38 Å². The van der Waals surface area contributed by atoms with Crippen molar-refractivity contribution in [1.29, 1.82) is 0 Å². The Kier molecular flexibility index (Phi) is 4.05. The van der Waals surface area contributed by atoms with Gasteiger partial charge < -0.3 is 5.32 Å². The van der Waals surface area contributed by atoms with E-state index in [9.17, 15) is 0 Å². The van der Waals surface area contributed by atoms with Crippen molar-refractivity contribution in [2.24, 2.45) is 0 Å². The molecule has 4 aromatic rings. The van der Waals surface area contributed by atoms with E-state index in [1.165, 1.54) is 11.1 Å². The maximum absolute atomic E-state index is 4.52. The quantitative estimate of drug-likeness (QED) is 0.517.